The zero-order valence-corrected chi connectivity index (χ0v) is 10.2. The number of carbonyl (C=O) groups excluding carboxylic acids is 1. The summed E-state index contributed by atoms with van der Waals surface area (Å²) < 4.78 is 1.54. The lowest BCUT2D eigenvalue weighted by molar-refractivity contribution is -0.137. The van der Waals surface area contributed by atoms with Gasteiger partial charge in [0.1, 0.15) is 0 Å². The van der Waals surface area contributed by atoms with Gasteiger partial charge in [-0.2, -0.15) is 0 Å². The first-order chi connectivity index (χ1) is 8.66. The lowest BCUT2D eigenvalue weighted by Gasteiger charge is -2.20. The van der Waals surface area contributed by atoms with E-state index in [1.165, 1.54) is 16.3 Å². The summed E-state index contributed by atoms with van der Waals surface area (Å²) in [6.07, 6.45) is -0.127. The van der Waals surface area contributed by atoms with Crippen LogP contribution in [0.1, 0.15) is 11.2 Å². The highest BCUT2D eigenvalue weighted by molar-refractivity contribution is 7.99. The zero-order valence-electron chi connectivity index (χ0n) is 9.37. The van der Waals surface area contributed by atoms with Gasteiger partial charge in [0.25, 0.3) is 0 Å². The summed E-state index contributed by atoms with van der Waals surface area (Å²) in [5.74, 6) is -1.10. The second-order valence-electron chi connectivity index (χ2n) is 4.16. The number of aliphatic carboxylic acids is 1. The number of benzene rings is 1. The molecule has 2 aromatic rings. The number of nitrogens with zero attached hydrogens (tertiary/aromatic N) is 2. The van der Waals surface area contributed by atoms with Gasteiger partial charge < -0.3 is 5.11 Å². The molecule has 1 aromatic carbocycles. The Labute approximate surface area is 107 Å². The smallest absolute Gasteiger partial charge is 0.304 e. The number of thioether (sulfide) groups is 1. The molecule has 5 nitrogen and oxygen atoms in total. The van der Waals surface area contributed by atoms with Crippen molar-refractivity contribution in [2.75, 3.05) is 5.75 Å². The molecule has 0 amide bonds. The average Bonchev–Trinajstić information content (AvgIpc) is 2.71. The summed E-state index contributed by atoms with van der Waals surface area (Å²) in [7, 11) is 0. The lowest BCUT2D eigenvalue weighted by atomic mass is 10.1. The van der Waals surface area contributed by atoms with Gasteiger partial charge in [0.05, 0.1) is 23.4 Å². The van der Waals surface area contributed by atoms with E-state index in [0.717, 1.165) is 11.0 Å². The minimum atomic E-state index is -0.943. The minimum absolute atomic E-state index is 0.127. The molecule has 0 saturated carbocycles. The van der Waals surface area contributed by atoms with Gasteiger partial charge in [-0.05, 0) is 12.1 Å². The third-order valence-corrected chi connectivity index (χ3v) is 4.04. The highest BCUT2D eigenvalue weighted by atomic mass is 32.2. The average molecular weight is 262 g/mol. The first-order valence-corrected chi connectivity index (χ1v) is 6.51. The van der Waals surface area contributed by atoms with Crippen LogP contribution in [0.4, 0.5) is 0 Å². The first-order valence-electron chi connectivity index (χ1n) is 5.53. The molecule has 2 heterocycles. The highest BCUT2D eigenvalue weighted by Crippen LogP contribution is 2.32. The summed E-state index contributed by atoms with van der Waals surface area (Å²) in [5, 5.41) is 9.46. The van der Waals surface area contributed by atoms with Gasteiger partial charge >= 0.3 is 5.97 Å². The van der Waals surface area contributed by atoms with Gasteiger partial charge in [0.15, 0.2) is 5.16 Å². The van der Waals surface area contributed by atoms with Crippen molar-refractivity contribution in [3.8, 4) is 0 Å². The standard InChI is InChI=1S/C12H10N2O3S/c15-10(16)5-7-6-18-12-13-8-3-1-2-4-9(8)14(12)11(7)17/h1-4,7H,5-6H2,(H,15,16)/t7-/m1/s1. The largest absolute Gasteiger partial charge is 0.481 e. The van der Waals surface area contributed by atoms with Crippen molar-refractivity contribution >= 4 is 34.7 Å². The maximum Gasteiger partial charge on any atom is 0.304 e. The Morgan fingerprint density at radius 2 is 2.28 bits per heavy atom. The molecule has 6 heteroatoms. The summed E-state index contributed by atoms with van der Waals surface area (Å²) in [4.78, 5) is 27.4. The van der Waals surface area contributed by atoms with Crippen molar-refractivity contribution in [1.82, 2.24) is 9.55 Å². The molecule has 0 spiro atoms. The van der Waals surface area contributed by atoms with E-state index in [9.17, 15) is 9.59 Å². The van der Waals surface area contributed by atoms with Crippen molar-refractivity contribution in [3.63, 3.8) is 0 Å². The number of hydrogen-bond acceptors (Lipinski definition) is 4. The summed E-state index contributed by atoms with van der Waals surface area (Å²) >= 11 is 1.44. The maximum absolute atomic E-state index is 12.3. The van der Waals surface area contributed by atoms with Crippen molar-refractivity contribution in [1.29, 1.82) is 0 Å². The van der Waals surface area contributed by atoms with Crippen LogP contribution in [-0.4, -0.2) is 32.3 Å². The van der Waals surface area contributed by atoms with Gasteiger partial charge in [-0.25, -0.2) is 4.98 Å². The molecule has 0 bridgehead atoms. The second-order valence-corrected chi connectivity index (χ2v) is 5.15. The molecule has 1 aliphatic rings. The van der Waals surface area contributed by atoms with Gasteiger partial charge in [-0.1, -0.05) is 23.9 Å². The SMILES string of the molecule is O=C(O)C[C@@H]1CSc2nc3ccccc3n2C1=O. The van der Waals surface area contributed by atoms with Gasteiger partial charge in [-0.3, -0.25) is 14.2 Å². The minimum Gasteiger partial charge on any atom is -0.481 e. The van der Waals surface area contributed by atoms with Crippen LogP contribution in [0.15, 0.2) is 29.4 Å². The van der Waals surface area contributed by atoms with E-state index in [-0.39, 0.29) is 12.3 Å². The van der Waals surface area contributed by atoms with Crippen LogP contribution < -0.4 is 0 Å². The van der Waals surface area contributed by atoms with Crippen LogP contribution in [-0.2, 0) is 4.79 Å². The highest BCUT2D eigenvalue weighted by Gasteiger charge is 2.31. The monoisotopic (exact) mass is 262 g/mol. The number of para-hydroxylation sites is 2. The molecule has 92 valence electrons. The number of carboxylic acids is 1. The van der Waals surface area contributed by atoms with E-state index in [1.54, 1.807) is 0 Å². The van der Waals surface area contributed by atoms with E-state index < -0.39 is 11.9 Å². The fourth-order valence-electron chi connectivity index (χ4n) is 2.10. The number of imidazole rings is 1. The molecular weight excluding hydrogens is 252 g/mol. The first kappa shape index (κ1) is 11.3. The summed E-state index contributed by atoms with van der Waals surface area (Å²) in [6.45, 7) is 0. The Balaban J connectivity index is 2.08. The van der Waals surface area contributed by atoms with E-state index in [2.05, 4.69) is 4.98 Å². The molecule has 1 aromatic heterocycles. The molecule has 18 heavy (non-hydrogen) atoms. The Bertz CT molecular complexity index is 650. The number of fused-ring (bicyclic) bond motifs is 3. The number of carbonyl (C=O) groups is 2. The van der Waals surface area contributed by atoms with Crippen LogP contribution in [0.3, 0.4) is 0 Å². The normalized spacial score (nSPS) is 18.9. The van der Waals surface area contributed by atoms with Crippen molar-refractivity contribution < 1.29 is 14.7 Å². The lowest BCUT2D eigenvalue weighted by Crippen LogP contribution is -2.30. The third kappa shape index (κ3) is 1.69. The third-order valence-electron chi connectivity index (χ3n) is 2.93. The van der Waals surface area contributed by atoms with Gasteiger partial charge in [0, 0.05) is 5.75 Å². The van der Waals surface area contributed by atoms with Crippen LogP contribution in [0, 0.1) is 5.92 Å². The molecule has 1 aliphatic heterocycles. The topological polar surface area (TPSA) is 72.2 Å². The Hall–Kier alpha value is -1.82. The molecule has 0 aliphatic carbocycles. The number of rotatable bonds is 2. The van der Waals surface area contributed by atoms with Crippen LogP contribution in [0.25, 0.3) is 11.0 Å². The van der Waals surface area contributed by atoms with Gasteiger partial charge in [0.2, 0.25) is 5.91 Å². The maximum atomic E-state index is 12.3. The molecular formula is C12H10N2O3S. The van der Waals surface area contributed by atoms with Gasteiger partial charge in [-0.15, -0.1) is 0 Å². The number of aromatic nitrogens is 2. The molecule has 1 N–H and O–H groups in total. The molecule has 0 unspecified atom stereocenters. The summed E-state index contributed by atoms with van der Waals surface area (Å²) in [5.41, 5.74) is 1.52. The van der Waals surface area contributed by atoms with Crippen molar-refractivity contribution in [2.45, 2.75) is 11.6 Å². The van der Waals surface area contributed by atoms with Crippen molar-refractivity contribution in [2.24, 2.45) is 5.92 Å². The molecule has 0 radical (unpaired) electrons. The Kier molecular flexibility index (Phi) is 2.59. The predicted octanol–water partition coefficient (Wildman–Crippen LogP) is 1.87. The molecule has 0 fully saturated rings. The molecule has 3 rings (SSSR count). The predicted molar refractivity (Wildman–Crippen MR) is 66.8 cm³/mol. The van der Waals surface area contributed by atoms with Crippen molar-refractivity contribution in [3.05, 3.63) is 24.3 Å². The van der Waals surface area contributed by atoms with Crippen LogP contribution >= 0.6 is 11.8 Å². The molecule has 1 atom stereocenters. The molecule has 0 saturated heterocycles. The fourth-order valence-corrected chi connectivity index (χ4v) is 3.19. The second kappa shape index (κ2) is 4.13. The fraction of sp³-hybridized carbons (Fsp3) is 0.250. The zero-order chi connectivity index (χ0) is 12.7. The van der Waals surface area contributed by atoms with E-state index in [4.69, 9.17) is 5.11 Å². The quantitative estimate of drug-likeness (QED) is 0.894. The van der Waals surface area contributed by atoms with E-state index >= 15 is 0 Å². The van der Waals surface area contributed by atoms with E-state index in [1.807, 2.05) is 24.3 Å². The Morgan fingerprint density at radius 3 is 3.06 bits per heavy atom. The van der Waals surface area contributed by atoms with Crippen LogP contribution in [0.2, 0.25) is 0 Å². The number of hydrogen-bond donors (Lipinski definition) is 1. The summed E-state index contributed by atoms with van der Waals surface area (Å²) in [6, 6.07) is 7.38. The van der Waals surface area contributed by atoms with E-state index in [0.29, 0.717) is 10.9 Å². The Morgan fingerprint density at radius 1 is 1.50 bits per heavy atom. The number of carboxylic acid groups (broad SMARTS) is 1. The van der Waals surface area contributed by atoms with Crippen LogP contribution in [0.5, 0.6) is 0 Å².